The maximum absolute atomic E-state index is 5.66. The first-order valence-electron chi connectivity index (χ1n) is 7.78. The summed E-state index contributed by atoms with van der Waals surface area (Å²) in [5.74, 6) is 1.81. The highest BCUT2D eigenvalue weighted by Gasteiger charge is 2.07. The molecule has 0 saturated carbocycles. The number of benzene rings is 2. The van der Waals surface area contributed by atoms with E-state index in [4.69, 9.17) is 9.47 Å². The van der Waals surface area contributed by atoms with Gasteiger partial charge in [0.05, 0.1) is 18.9 Å². The molecule has 0 bridgehead atoms. The van der Waals surface area contributed by atoms with Crippen LogP contribution < -0.4 is 14.8 Å². The van der Waals surface area contributed by atoms with Gasteiger partial charge in [-0.25, -0.2) is 0 Å². The zero-order valence-electron chi connectivity index (χ0n) is 13.4. The quantitative estimate of drug-likeness (QED) is 0.787. The van der Waals surface area contributed by atoms with E-state index in [0.29, 0.717) is 13.2 Å². The zero-order chi connectivity index (χ0) is 15.8. The Kier molecular flexibility index (Phi) is 6.13. The van der Waals surface area contributed by atoms with Gasteiger partial charge in [0.1, 0.15) is 11.5 Å². The van der Waals surface area contributed by atoms with Crippen LogP contribution >= 0.6 is 0 Å². The van der Waals surface area contributed by atoms with Crippen LogP contribution in [0.1, 0.15) is 25.0 Å². The molecule has 0 atom stereocenters. The molecular weight excluding hydrogens is 274 g/mol. The number of hydrogen-bond donors (Lipinski definition) is 1. The maximum atomic E-state index is 5.66. The fourth-order valence-electron chi connectivity index (χ4n) is 2.38. The van der Waals surface area contributed by atoms with Crippen LogP contribution in [0.25, 0.3) is 0 Å². The van der Waals surface area contributed by atoms with Crippen LogP contribution in [-0.4, -0.2) is 19.8 Å². The molecule has 1 N–H and O–H groups in total. The average Bonchev–Trinajstić information content (AvgIpc) is 2.52. The number of para-hydroxylation sites is 2. The van der Waals surface area contributed by atoms with E-state index in [-0.39, 0.29) is 0 Å². The highest BCUT2D eigenvalue weighted by Crippen LogP contribution is 2.28. The maximum Gasteiger partial charge on any atom is 0.142 e. The first-order valence-corrected chi connectivity index (χ1v) is 7.78. The van der Waals surface area contributed by atoms with Crippen LogP contribution in [0.15, 0.2) is 42.5 Å². The summed E-state index contributed by atoms with van der Waals surface area (Å²) in [5, 5.41) is 3.44. The molecule has 0 amide bonds. The third kappa shape index (κ3) is 4.17. The van der Waals surface area contributed by atoms with Crippen LogP contribution in [0.2, 0.25) is 0 Å². The molecule has 0 saturated heterocycles. The van der Waals surface area contributed by atoms with Crippen molar-refractivity contribution in [3.63, 3.8) is 0 Å². The molecule has 3 nitrogen and oxygen atoms in total. The Hall–Kier alpha value is -2.16. The standard InChI is InChI=1S/C19H24NO2/c1-4-21-17-11-7-6-10-16(17)13-14-20-19-15(3)9-8-12-18(19)22-5-2/h6-12,20H,3-5,13-14H2,1-2H3. The summed E-state index contributed by atoms with van der Waals surface area (Å²) in [7, 11) is 0. The molecule has 0 aliphatic carbocycles. The first kappa shape index (κ1) is 16.2. The molecule has 2 aromatic carbocycles. The van der Waals surface area contributed by atoms with Crippen LogP contribution in [0.5, 0.6) is 11.5 Å². The Morgan fingerprint density at radius 1 is 0.909 bits per heavy atom. The van der Waals surface area contributed by atoms with Crippen LogP contribution in [-0.2, 0) is 6.42 Å². The summed E-state index contributed by atoms with van der Waals surface area (Å²) < 4.78 is 11.3. The largest absolute Gasteiger partial charge is 0.494 e. The Labute approximate surface area is 133 Å². The van der Waals surface area contributed by atoms with Gasteiger partial charge >= 0.3 is 0 Å². The third-order valence-corrected chi connectivity index (χ3v) is 3.38. The molecule has 2 aromatic rings. The second-order valence-corrected chi connectivity index (χ2v) is 4.94. The number of nitrogens with one attached hydrogen (secondary N) is 1. The summed E-state index contributed by atoms with van der Waals surface area (Å²) in [6.07, 6.45) is 0.885. The minimum Gasteiger partial charge on any atom is -0.494 e. The summed E-state index contributed by atoms with van der Waals surface area (Å²) in [6.45, 7) is 10.2. The van der Waals surface area contributed by atoms with Crippen LogP contribution in [0.3, 0.4) is 0 Å². The van der Waals surface area contributed by atoms with E-state index < -0.39 is 0 Å². The average molecular weight is 298 g/mol. The zero-order valence-corrected chi connectivity index (χ0v) is 13.4. The summed E-state index contributed by atoms with van der Waals surface area (Å²) in [4.78, 5) is 0. The van der Waals surface area contributed by atoms with Crippen molar-refractivity contribution in [2.45, 2.75) is 20.3 Å². The lowest BCUT2D eigenvalue weighted by Crippen LogP contribution is -2.09. The van der Waals surface area contributed by atoms with Crippen molar-refractivity contribution in [3.8, 4) is 11.5 Å². The lowest BCUT2D eigenvalue weighted by molar-refractivity contribution is 0.336. The topological polar surface area (TPSA) is 30.5 Å². The van der Waals surface area contributed by atoms with E-state index in [9.17, 15) is 0 Å². The number of rotatable bonds is 8. The molecule has 3 heteroatoms. The van der Waals surface area contributed by atoms with Gasteiger partial charge in [-0.1, -0.05) is 30.3 Å². The minimum atomic E-state index is 0.644. The molecule has 1 radical (unpaired) electrons. The third-order valence-electron chi connectivity index (χ3n) is 3.38. The molecular formula is C19H24NO2. The fraction of sp³-hybridized carbons (Fsp3) is 0.316. The summed E-state index contributed by atoms with van der Waals surface area (Å²) in [5.41, 5.74) is 3.12. The predicted octanol–water partition coefficient (Wildman–Crippen LogP) is 4.32. The molecule has 0 unspecified atom stereocenters. The van der Waals surface area contributed by atoms with Gasteiger partial charge in [-0.3, -0.25) is 0 Å². The number of hydrogen-bond acceptors (Lipinski definition) is 3. The van der Waals surface area contributed by atoms with Gasteiger partial charge in [0, 0.05) is 6.54 Å². The molecule has 117 valence electrons. The van der Waals surface area contributed by atoms with Gasteiger partial charge < -0.3 is 14.8 Å². The van der Waals surface area contributed by atoms with Crippen molar-refractivity contribution < 1.29 is 9.47 Å². The fourth-order valence-corrected chi connectivity index (χ4v) is 2.38. The molecule has 22 heavy (non-hydrogen) atoms. The predicted molar refractivity (Wildman–Crippen MR) is 91.9 cm³/mol. The molecule has 0 aliphatic heterocycles. The monoisotopic (exact) mass is 298 g/mol. The minimum absolute atomic E-state index is 0.644. The van der Waals surface area contributed by atoms with Crippen molar-refractivity contribution in [2.75, 3.05) is 25.1 Å². The molecule has 2 rings (SSSR count). The van der Waals surface area contributed by atoms with Crippen molar-refractivity contribution in [2.24, 2.45) is 0 Å². The van der Waals surface area contributed by atoms with Crippen molar-refractivity contribution in [3.05, 3.63) is 60.5 Å². The Balaban J connectivity index is 2.02. The molecule has 0 spiro atoms. The van der Waals surface area contributed by atoms with Crippen molar-refractivity contribution in [1.82, 2.24) is 0 Å². The summed E-state index contributed by atoms with van der Waals surface area (Å²) in [6, 6.07) is 14.1. The van der Waals surface area contributed by atoms with E-state index in [2.05, 4.69) is 18.3 Å². The van der Waals surface area contributed by atoms with Crippen molar-refractivity contribution >= 4 is 5.69 Å². The van der Waals surface area contributed by atoms with E-state index in [1.54, 1.807) is 0 Å². The number of ether oxygens (including phenoxy) is 2. The molecule has 0 aliphatic rings. The first-order chi connectivity index (χ1) is 10.8. The van der Waals surface area contributed by atoms with Gasteiger partial charge in [-0.15, -0.1) is 0 Å². The van der Waals surface area contributed by atoms with E-state index in [1.165, 1.54) is 5.56 Å². The second-order valence-electron chi connectivity index (χ2n) is 4.94. The normalized spacial score (nSPS) is 10.3. The van der Waals surface area contributed by atoms with Crippen LogP contribution in [0.4, 0.5) is 5.69 Å². The van der Waals surface area contributed by atoms with Gasteiger partial charge in [-0.2, -0.15) is 0 Å². The van der Waals surface area contributed by atoms with Gasteiger partial charge in [0.2, 0.25) is 0 Å². The molecule has 0 fully saturated rings. The van der Waals surface area contributed by atoms with Gasteiger partial charge in [0.25, 0.3) is 0 Å². The Morgan fingerprint density at radius 2 is 1.59 bits per heavy atom. The van der Waals surface area contributed by atoms with Crippen LogP contribution in [0, 0.1) is 6.92 Å². The summed E-state index contributed by atoms with van der Waals surface area (Å²) >= 11 is 0. The lowest BCUT2D eigenvalue weighted by Gasteiger charge is -2.15. The Morgan fingerprint density at radius 3 is 2.36 bits per heavy atom. The Bertz CT molecular complexity index is 596. The van der Waals surface area contributed by atoms with E-state index in [1.807, 2.05) is 50.2 Å². The van der Waals surface area contributed by atoms with E-state index >= 15 is 0 Å². The smallest absolute Gasteiger partial charge is 0.142 e. The van der Waals surface area contributed by atoms with Gasteiger partial charge in [0.15, 0.2) is 0 Å². The van der Waals surface area contributed by atoms with Gasteiger partial charge in [-0.05, 0) is 50.5 Å². The highest BCUT2D eigenvalue weighted by atomic mass is 16.5. The second kappa shape index (κ2) is 8.32. The number of anilines is 1. The van der Waals surface area contributed by atoms with Crippen molar-refractivity contribution in [1.29, 1.82) is 0 Å². The molecule has 0 heterocycles. The van der Waals surface area contributed by atoms with E-state index in [0.717, 1.165) is 35.7 Å². The highest BCUT2D eigenvalue weighted by molar-refractivity contribution is 5.63. The lowest BCUT2D eigenvalue weighted by atomic mass is 10.1. The molecule has 0 aromatic heterocycles. The SMILES string of the molecule is [CH2]c1cccc(OCC)c1NCCc1ccccc1OCC.